The lowest BCUT2D eigenvalue weighted by molar-refractivity contribution is -0.673. The van der Waals surface area contributed by atoms with Gasteiger partial charge in [0.25, 0.3) is 0 Å². The molecule has 2 rings (SSSR count). The number of aryl methyl sites for hydroxylation is 2. The fourth-order valence-electron chi connectivity index (χ4n) is 2.41. The third-order valence-electron chi connectivity index (χ3n) is 3.33. The molecular formula is C11H17BF4N2. The van der Waals surface area contributed by atoms with E-state index in [-0.39, 0.29) is 0 Å². The van der Waals surface area contributed by atoms with Gasteiger partial charge >= 0.3 is 7.25 Å². The van der Waals surface area contributed by atoms with Crippen molar-refractivity contribution in [3.63, 3.8) is 0 Å². The number of rotatable bonds is 0. The molecule has 1 aromatic heterocycles. The Hall–Kier alpha value is -1.27. The van der Waals surface area contributed by atoms with Crippen molar-refractivity contribution in [2.45, 2.75) is 26.7 Å². The van der Waals surface area contributed by atoms with Crippen LogP contribution in [0.3, 0.4) is 0 Å². The largest absolute Gasteiger partial charge is 0.673 e. The summed E-state index contributed by atoms with van der Waals surface area (Å²) in [6.07, 6.45) is 2.15. The number of hydrogen-bond acceptors (Lipinski definition) is 0. The van der Waals surface area contributed by atoms with Crippen LogP contribution in [0.5, 0.6) is 0 Å². The molecular weight excluding hydrogens is 247 g/mol. The fraction of sp³-hybridized carbons (Fsp3) is 0.545. The quantitative estimate of drug-likeness (QED) is 0.387. The molecule has 1 unspecified atom stereocenters. The van der Waals surface area contributed by atoms with E-state index in [9.17, 15) is 17.3 Å². The Morgan fingerprint density at radius 1 is 1.22 bits per heavy atom. The molecule has 7 heteroatoms. The summed E-state index contributed by atoms with van der Waals surface area (Å²) < 4.78 is 43.5. The van der Waals surface area contributed by atoms with Gasteiger partial charge in [0.05, 0.1) is 14.1 Å². The number of hydrogen-bond donors (Lipinski definition) is 0. The van der Waals surface area contributed by atoms with Crippen molar-refractivity contribution < 1.29 is 21.8 Å². The highest BCUT2D eigenvalue weighted by molar-refractivity contribution is 6.50. The third-order valence-corrected chi connectivity index (χ3v) is 3.33. The van der Waals surface area contributed by atoms with Crippen LogP contribution in [-0.2, 0) is 14.1 Å². The Labute approximate surface area is 104 Å². The minimum atomic E-state index is -6.00. The van der Waals surface area contributed by atoms with Crippen LogP contribution in [0.4, 0.5) is 17.3 Å². The fourth-order valence-corrected chi connectivity index (χ4v) is 2.41. The molecule has 0 bridgehead atoms. The van der Waals surface area contributed by atoms with E-state index in [2.05, 4.69) is 50.3 Å². The zero-order valence-corrected chi connectivity index (χ0v) is 11.1. The molecule has 18 heavy (non-hydrogen) atoms. The summed E-state index contributed by atoms with van der Waals surface area (Å²) in [5, 5.41) is 0. The molecule has 0 saturated carbocycles. The average molecular weight is 264 g/mol. The van der Waals surface area contributed by atoms with Gasteiger partial charge in [0.2, 0.25) is 6.33 Å². The van der Waals surface area contributed by atoms with E-state index in [1.807, 2.05) is 0 Å². The van der Waals surface area contributed by atoms with Crippen LogP contribution in [0, 0.1) is 0 Å². The molecule has 0 spiro atoms. The summed E-state index contributed by atoms with van der Waals surface area (Å²) >= 11 is 0. The first-order valence-corrected chi connectivity index (χ1v) is 5.64. The monoisotopic (exact) mass is 264 g/mol. The molecule has 1 aromatic rings. The maximum absolute atomic E-state index is 9.75. The van der Waals surface area contributed by atoms with E-state index in [4.69, 9.17) is 0 Å². The average Bonchev–Trinajstić information content (AvgIpc) is 2.58. The number of imidazole rings is 1. The van der Waals surface area contributed by atoms with Crippen LogP contribution in [0.2, 0.25) is 0 Å². The van der Waals surface area contributed by atoms with Crippen LogP contribution in [0.15, 0.2) is 11.9 Å². The molecule has 102 valence electrons. The number of halogens is 4. The minimum Gasteiger partial charge on any atom is -0.418 e. The highest BCUT2D eigenvalue weighted by Crippen LogP contribution is 2.38. The van der Waals surface area contributed by atoms with Crippen molar-refractivity contribution in [2.75, 3.05) is 0 Å². The maximum atomic E-state index is 9.75. The van der Waals surface area contributed by atoms with Crippen LogP contribution in [0.25, 0.3) is 5.57 Å². The molecule has 2 nitrogen and oxygen atoms in total. The lowest BCUT2D eigenvalue weighted by Crippen LogP contribution is -2.29. The lowest BCUT2D eigenvalue weighted by Gasteiger charge is -2.02. The van der Waals surface area contributed by atoms with Crippen molar-refractivity contribution in [3.05, 3.63) is 23.3 Å². The topological polar surface area (TPSA) is 8.81 Å². The van der Waals surface area contributed by atoms with Crippen LogP contribution in [0.1, 0.15) is 38.1 Å². The van der Waals surface area contributed by atoms with Crippen molar-refractivity contribution >= 4 is 12.8 Å². The summed E-state index contributed by atoms with van der Waals surface area (Å²) in [5.74, 6) is 0.584. The van der Waals surface area contributed by atoms with Gasteiger partial charge in [-0.15, -0.1) is 0 Å². The molecule has 0 radical (unpaired) electrons. The predicted molar refractivity (Wildman–Crippen MR) is 63.5 cm³/mol. The van der Waals surface area contributed by atoms with E-state index in [0.717, 1.165) is 0 Å². The Morgan fingerprint density at radius 2 is 1.67 bits per heavy atom. The van der Waals surface area contributed by atoms with Crippen LogP contribution < -0.4 is 4.57 Å². The maximum Gasteiger partial charge on any atom is 0.673 e. The molecule has 0 aromatic carbocycles. The van der Waals surface area contributed by atoms with Crippen molar-refractivity contribution in [2.24, 2.45) is 14.1 Å². The molecule has 1 heterocycles. The first-order chi connectivity index (χ1) is 8.04. The normalized spacial score (nSPS) is 18.6. The van der Waals surface area contributed by atoms with E-state index in [1.54, 1.807) is 0 Å². The smallest absolute Gasteiger partial charge is 0.418 e. The van der Waals surface area contributed by atoms with E-state index in [0.29, 0.717) is 5.92 Å². The van der Waals surface area contributed by atoms with E-state index in [1.165, 1.54) is 22.5 Å². The lowest BCUT2D eigenvalue weighted by atomic mass is 10.0. The second-order valence-electron chi connectivity index (χ2n) is 4.60. The summed E-state index contributed by atoms with van der Waals surface area (Å²) in [7, 11) is -1.76. The zero-order valence-electron chi connectivity index (χ0n) is 11.1. The summed E-state index contributed by atoms with van der Waals surface area (Å²) in [6.45, 7) is 6.74. The Morgan fingerprint density at radius 3 is 2.06 bits per heavy atom. The first-order valence-electron chi connectivity index (χ1n) is 5.64. The summed E-state index contributed by atoms with van der Waals surface area (Å²) in [5.41, 5.74) is 5.83. The van der Waals surface area contributed by atoms with Gasteiger partial charge in [0.15, 0.2) is 11.4 Å². The van der Waals surface area contributed by atoms with Crippen molar-refractivity contribution in [1.29, 1.82) is 0 Å². The highest BCUT2D eigenvalue weighted by atomic mass is 19.5. The van der Waals surface area contributed by atoms with Gasteiger partial charge in [-0.1, -0.05) is 12.5 Å². The Kier molecular flexibility index (Phi) is 3.93. The molecule has 1 atom stereocenters. The number of fused-ring (bicyclic) bond motifs is 1. The first kappa shape index (κ1) is 14.8. The number of aromatic nitrogens is 2. The summed E-state index contributed by atoms with van der Waals surface area (Å²) in [4.78, 5) is 0. The minimum absolute atomic E-state index is 0.584. The molecule has 1 aliphatic carbocycles. The van der Waals surface area contributed by atoms with Crippen LogP contribution >= 0.6 is 0 Å². The Bertz CT molecular complexity index is 482. The van der Waals surface area contributed by atoms with Gasteiger partial charge in [0, 0.05) is 5.92 Å². The standard InChI is InChI=1S/C11H17N2.BF4/c1-7-8(2)10-11(9(7)3)13(5)6-12(10)4;2-1(3,4)5/h6,8H,1-5H3;/q+1;-1. The van der Waals surface area contributed by atoms with Crippen molar-refractivity contribution in [3.8, 4) is 0 Å². The SMILES string of the molecule is CC1=C(C)C(C)c2c1[n+](C)cn2C.F[B-](F)(F)F. The van der Waals surface area contributed by atoms with Gasteiger partial charge in [-0.2, -0.15) is 0 Å². The second-order valence-corrected chi connectivity index (χ2v) is 4.60. The molecule has 0 aliphatic heterocycles. The zero-order chi connectivity index (χ0) is 14.2. The van der Waals surface area contributed by atoms with Gasteiger partial charge < -0.3 is 17.3 Å². The molecule has 0 fully saturated rings. The van der Waals surface area contributed by atoms with Crippen LogP contribution in [-0.4, -0.2) is 11.8 Å². The van der Waals surface area contributed by atoms with Gasteiger partial charge in [-0.3, -0.25) is 0 Å². The van der Waals surface area contributed by atoms with E-state index < -0.39 is 7.25 Å². The summed E-state index contributed by atoms with van der Waals surface area (Å²) in [6, 6.07) is 0. The van der Waals surface area contributed by atoms with Gasteiger partial charge in [-0.05, 0) is 19.4 Å². The number of nitrogens with zero attached hydrogens (tertiary/aromatic N) is 2. The highest BCUT2D eigenvalue weighted by Gasteiger charge is 2.33. The number of allylic oxidation sites excluding steroid dienone is 2. The molecule has 0 saturated heterocycles. The Balaban J connectivity index is 0.000000280. The van der Waals surface area contributed by atoms with Gasteiger partial charge in [-0.25, -0.2) is 9.13 Å². The van der Waals surface area contributed by atoms with Crippen molar-refractivity contribution in [1.82, 2.24) is 4.57 Å². The third kappa shape index (κ3) is 2.94. The second kappa shape index (κ2) is 4.78. The van der Waals surface area contributed by atoms with E-state index >= 15 is 0 Å². The molecule has 1 aliphatic rings. The molecule has 0 N–H and O–H groups in total. The predicted octanol–water partition coefficient (Wildman–Crippen LogP) is 3.06. The molecule has 0 amide bonds. The van der Waals surface area contributed by atoms with Gasteiger partial charge in [0.1, 0.15) is 0 Å².